The number of nitrogens with two attached hydrogens (primary N) is 1. The summed E-state index contributed by atoms with van der Waals surface area (Å²) in [5, 5.41) is 0.670. The molecule has 1 aromatic heterocycles. The Morgan fingerprint density at radius 1 is 1.50 bits per heavy atom. The van der Waals surface area contributed by atoms with Gasteiger partial charge in [-0.3, -0.25) is 0 Å². The molecule has 4 heteroatoms. The van der Waals surface area contributed by atoms with Gasteiger partial charge in [-0.1, -0.05) is 13.0 Å². The van der Waals surface area contributed by atoms with Crippen molar-refractivity contribution in [2.75, 3.05) is 23.7 Å². The second-order valence-electron chi connectivity index (χ2n) is 5.03. The largest absolute Gasteiger partial charge is 0.352 e. The quantitative estimate of drug-likeness (QED) is 0.910. The minimum absolute atomic E-state index is 0.551. The first-order valence-corrected chi connectivity index (χ1v) is 7.72. The third kappa shape index (κ3) is 2.81. The average molecular weight is 265 g/mol. The molecule has 18 heavy (non-hydrogen) atoms. The number of rotatable bonds is 3. The van der Waals surface area contributed by atoms with Crippen molar-refractivity contribution in [1.29, 1.82) is 0 Å². The number of hydrogen-bond donors (Lipinski definition) is 1. The van der Waals surface area contributed by atoms with Crippen molar-refractivity contribution in [3.05, 3.63) is 23.4 Å². The molecule has 2 heterocycles. The van der Waals surface area contributed by atoms with Crippen LogP contribution in [0.15, 0.2) is 12.3 Å². The van der Waals surface area contributed by atoms with E-state index in [1.807, 2.05) is 6.20 Å². The molecule has 0 spiro atoms. The molecule has 0 bridgehead atoms. The van der Waals surface area contributed by atoms with Crippen LogP contribution >= 0.6 is 11.8 Å². The molecule has 0 amide bonds. The van der Waals surface area contributed by atoms with Crippen molar-refractivity contribution < 1.29 is 0 Å². The fourth-order valence-electron chi connectivity index (χ4n) is 2.46. The Balaban J connectivity index is 2.22. The fourth-order valence-corrected chi connectivity index (χ4v) is 3.56. The van der Waals surface area contributed by atoms with Crippen LogP contribution in [0.3, 0.4) is 0 Å². The lowest BCUT2D eigenvalue weighted by Crippen LogP contribution is -2.45. The van der Waals surface area contributed by atoms with Gasteiger partial charge in [-0.25, -0.2) is 4.98 Å². The number of anilines is 1. The molecule has 1 saturated heterocycles. The number of aryl methyl sites for hydroxylation is 1. The van der Waals surface area contributed by atoms with Gasteiger partial charge in [0.15, 0.2) is 0 Å². The first kappa shape index (κ1) is 13.7. The predicted octanol–water partition coefficient (Wildman–Crippen LogP) is 2.22. The predicted molar refractivity (Wildman–Crippen MR) is 80.5 cm³/mol. The van der Waals surface area contributed by atoms with Crippen LogP contribution in [-0.4, -0.2) is 35.1 Å². The Morgan fingerprint density at radius 3 is 2.94 bits per heavy atom. The van der Waals surface area contributed by atoms with Crippen molar-refractivity contribution in [3.63, 3.8) is 0 Å². The van der Waals surface area contributed by atoms with Gasteiger partial charge >= 0.3 is 0 Å². The molecular formula is C14H23N3S. The maximum Gasteiger partial charge on any atom is 0.131 e. The van der Waals surface area contributed by atoms with Crippen LogP contribution in [0.5, 0.6) is 0 Å². The smallest absolute Gasteiger partial charge is 0.131 e. The highest BCUT2D eigenvalue weighted by Crippen LogP contribution is 2.29. The zero-order chi connectivity index (χ0) is 13.1. The molecule has 0 aromatic carbocycles. The van der Waals surface area contributed by atoms with E-state index in [1.165, 1.54) is 16.9 Å². The summed E-state index contributed by atoms with van der Waals surface area (Å²) in [4.78, 5) is 7.11. The van der Waals surface area contributed by atoms with Gasteiger partial charge in [0.2, 0.25) is 0 Å². The molecule has 1 aliphatic heterocycles. The molecular weight excluding hydrogens is 242 g/mol. The molecule has 2 N–H and O–H groups in total. The van der Waals surface area contributed by atoms with Gasteiger partial charge in [-0.2, -0.15) is 11.8 Å². The lowest BCUT2D eigenvalue weighted by molar-refractivity contribution is 0.618. The summed E-state index contributed by atoms with van der Waals surface area (Å²) in [5.41, 5.74) is 8.10. The fraction of sp³-hybridized carbons (Fsp3) is 0.643. The standard InChI is InChI=1S/C14H23N3S/c1-10-8-13(4-5-15)9-16-14(10)17-6-7-18-12(3)11(17)2/h8-9,11-12H,4-7,15H2,1-3H3. The van der Waals surface area contributed by atoms with Crippen LogP contribution in [-0.2, 0) is 6.42 Å². The maximum atomic E-state index is 5.59. The van der Waals surface area contributed by atoms with Crippen LogP contribution in [0.1, 0.15) is 25.0 Å². The third-order valence-corrected chi connectivity index (χ3v) is 5.03. The molecule has 2 atom stereocenters. The Bertz CT molecular complexity index is 408. The van der Waals surface area contributed by atoms with Crippen LogP contribution in [0.2, 0.25) is 0 Å². The number of thioether (sulfide) groups is 1. The minimum Gasteiger partial charge on any atom is -0.352 e. The topological polar surface area (TPSA) is 42.1 Å². The normalized spacial score (nSPS) is 24.3. The van der Waals surface area contributed by atoms with Gasteiger partial charge < -0.3 is 10.6 Å². The Labute approximate surface area is 114 Å². The summed E-state index contributed by atoms with van der Waals surface area (Å²) in [7, 11) is 0. The van der Waals surface area contributed by atoms with Gasteiger partial charge in [0.25, 0.3) is 0 Å². The SMILES string of the molecule is Cc1cc(CCN)cnc1N1CCSC(C)C1C. The highest BCUT2D eigenvalue weighted by Gasteiger charge is 2.26. The zero-order valence-electron chi connectivity index (χ0n) is 11.5. The van der Waals surface area contributed by atoms with Crippen LogP contribution < -0.4 is 10.6 Å². The highest BCUT2D eigenvalue weighted by molar-refractivity contribution is 8.00. The Morgan fingerprint density at radius 2 is 2.28 bits per heavy atom. The first-order chi connectivity index (χ1) is 8.63. The molecule has 0 aliphatic carbocycles. The van der Waals surface area contributed by atoms with Gasteiger partial charge in [-0.05, 0) is 37.9 Å². The second kappa shape index (κ2) is 5.93. The molecule has 3 nitrogen and oxygen atoms in total. The number of hydrogen-bond acceptors (Lipinski definition) is 4. The Kier molecular flexibility index (Phi) is 4.51. The van der Waals surface area contributed by atoms with E-state index in [0.29, 0.717) is 17.8 Å². The van der Waals surface area contributed by atoms with E-state index < -0.39 is 0 Å². The van der Waals surface area contributed by atoms with E-state index in [2.05, 4.69) is 48.5 Å². The van der Waals surface area contributed by atoms with E-state index in [4.69, 9.17) is 5.73 Å². The highest BCUT2D eigenvalue weighted by atomic mass is 32.2. The minimum atomic E-state index is 0.551. The van der Waals surface area contributed by atoms with Crippen LogP contribution in [0.25, 0.3) is 0 Å². The summed E-state index contributed by atoms with van der Waals surface area (Å²) in [6.45, 7) is 8.54. The molecule has 1 fully saturated rings. The van der Waals surface area contributed by atoms with Crippen molar-refractivity contribution in [2.45, 2.75) is 38.5 Å². The monoisotopic (exact) mass is 265 g/mol. The summed E-state index contributed by atoms with van der Waals surface area (Å²) < 4.78 is 0. The number of pyridine rings is 1. The average Bonchev–Trinajstić information content (AvgIpc) is 2.34. The van der Waals surface area contributed by atoms with E-state index in [0.717, 1.165) is 18.8 Å². The molecule has 2 unspecified atom stereocenters. The van der Waals surface area contributed by atoms with E-state index in [-0.39, 0.29) is 0 Å². The van der Waals surface area contributed by atoms with Gasteiger partial charge in [0.05, 0.1) is 0 Å². The number of nitrogens with zero attached hydrogens (tertiary/aromatic N) is 2. The summed E-state index contributed by atoms with van der Waals surface area (Å²) >= 11 is 2.06. The van der Waals surface area contributed by atoms with Crippen molar-refractivity contribution in [1.82, 2.24) is 4.98 Å². The summed E-state index contributed by atoms with van der Waals surface area (Å²) in [6.07, 6.45) is 2.89. The molecule has 100 valence electrons. The van der Waals surface area contributed by atoms with Gasteiger partial charge in [0.1, 0.15) is 5.82 Å². The zero-order valence-corrected chi connectivity index (χ0v) is 12.3. The molecule has 1 aromatic rings. The second-order valence-corrected chi connectivity index (χ2v) is 6.52. The number of aromatic nitrogens is 1. The molecule has 1 aliphatic rings. The first-order valence-electron chi connectivity index (χ1n) is 6.67. The molecule has 2 rings (SSSR count). The van der Waals surface area contributed by atoms with Gasteiger partial charge in [-0.15, -0.1) is 0 Å². The van der Waals surface area contributed by atoms with Crippen molar-refractivity contribution in [3.8, 4) is 0 Å². The maximum absolute atomic E-state index is 5.59. The van der Waals surface area contributed by atoms with E-state index in [1.54, 1.807) is 0 Å². The van der Waals surface area contributed by atoms with Crippen LogP contribution in [0, 0.1) is 6.92 Å². The molecule has 0 saturated carbocycles. The van der Waals surface area contributed by atoms with Crippen molar-refractivity contribution >= 4 is 17.6 Å². The van der Waals surface area contributed by atoms with E-state index >= 15 is 0 Å². The lowest BCUT2D eigenvalue weighted by atomic mass is 10.1. The lowest BCUT2D eigenvalue weighted by Gasteiger charge is -2.39. The third-order valence-electron chi connectivity index (χ3n) is 3.70. The summed E-state index contributed by atoms with van der Waals surface area (Å²) in [6, 6.07) is 2.78. The molecule has 0 radical (unpaired) electrons. The van der Waals surface area contributed by atoms with Gasteiger partial charge in [0, 0.05) is 29.8 Å². The summed E-state index contributed by atoms with van der Waals surface area (Å²) in [5.74, 6) is 2.34. The van der Waals surface area contributed by atoms with Crippen molar-refractivity contribution in [2.24, 2.45) is 5.73 Å². The Hall–Kier alpha value is -0.740. The van der Waals surface area contributed by atoms with E-state index in [9.17, 15) is 0 Å². The van der Waals surface area contributed by atoms with Crippen LogP contribution in [0.4, 0.5) is 5.82 Å².